The van der Waals surface area contributed by atoms with Crippen molar-refractivity contribution in [1.29, 1.82) is 0 Å². The quantitative estimate of drug-likeness (QED) is 0.257. The zero-order valence-corrected chi connectivity index (χ0v) is 19.9. The van der Waals surface area contributed by atoms with Gasteiger partial charge < -0.3 is 19.7 Å². The molecule has 0 radical (unpaired) electrons. The lowest BCUT2D eigenvalue weighted by molar-refractivity contribution is -0.141. The predicted octanol–water partition coefficient (Wildman–Crippen LogP) is 5.54. The normalized spacial score (nSPS) is 12.4. The summed E-state index contributed by atoms with van der Waals surface area (Å²) in [5.41, 5.74) is 1.78. The highest BCUT2D eigenvalue weighted by molar-refractivity contribution is 5.89. The lowest BCUT2D eigenvalue weighted by Crippen LogP contribution is -2.25. The van der Waals surface area contributed by atoms with E-state index >= 15 is 0 Å². The Morgan fingerprint density at radius 3 is 2.41 bits per heavy atom. The van der Waals surface area contributed by atoms with E-state index in [1.54, 1.807) is 19.1 Å². The number of ether oxygens (including phenoxy) is 1. The van der Waals surface area contributed by atoms with Crippen LogP contribution in [0.2, 0.25) is 0 Å². The molecule has 4 aromatic rings. The smallest absolute Gasteiger partial charge is 0.412 e. The van der Waals surface area contributed by atoms with E-state index in [1.807, 2.05) is 60.7 Å². The van der Waals surface area contributed by atoms with Gasteiger partial charge in [-0.15, -0.1) is 0 Å². The van der Waals surface area contributed by atoms with Gasteiger partial charge in [0.25, 0.3) is 5.95 Å². The minimum atomic E-state index is -1.01. The number of hydrogen-bond donors (Lipinski definition) is 3. The highest BCUT2D eigenvalue weighted by Crippen LogP contribution is 2.31. The molecule has 9 nitrogen and oxygen atoms in total. The standard InChI is InChI=1S/C27H25FN4O5/c1-17(19-10-6-3-7-11-19)36-27(35)31-23-24(37-32-25(23)28)20-12-13-22(29-15-20)30-16-21(26(33)34)14-18-8-4-2-5-9-18/h2-13,15,17,21H,14,16H2,1H3,(H,29,30)(H,31,35)(H,33,34). The van der Waals surface area contributed by atoms with Crippen LogP contribution in [0.5, 0.6) is 0 Å². The van der Waals surface area contributed by atoms with Crippen molar-refractivity contribution in [2.24, 2.45) is 5.92 Å². The molecule has 0 aliphatic carbocycles. The van der Waals surface area contributed by atoms with Gasteiger partial charge in [-0.3, -0.25) is 10.1 Å². The number of benzene rings is 2. The number of anilines is 2. The first kappa shape index (κ1) is 25.4. The largest absolute Gasteiger partial charge is 0.481 e. The molecule has 0 saturated carbocycles. The maximum absolute atomic E-state index is 14.3. The van der Waals surface area contributed by atoms with Crippen LogP contribution in [0.15, 0.2) is 83.5 Å². The van der Waals surface area contributed by atoms with Crippen LogP contribution >= 0.6 is 0 Å². The number of aromatic nitrogens is 2. The van der Waals surface area contributed by atoms with Crippen molar-refractivity contribution < 1.29 is 28.3 Å². The Balaban J connectivity index is 1.39. The van der Waals surface area contributed by atoms with Gasteiger partial charge in [-0.2, -0.15) is 4.39 Å². The first-order chi connectivity index (χ1) is 17.9. The summed E-state index contributed by atoms with van der Waals surface area (Å²) in [7, 11) is 0. The van der Waals surface area contributed by atoms with Gasteiger partial charge in [0.15, 0.2) is 5.76 Å². The van der Waals surface area contributed by atoms with Gasteiger partial charge in [0, 0.05) is 18.3 Å². The summed E-state index contributed by atoms with van der Waals surface area (Å²) >= 11 is 0. The number of carbonyl (C=O) groups is 2. The third kappa shape index (κ3) is 6.69. The van der Waals surface area contributed by atoms with Gasteiger partial charge in [0.2, 0.25) is 0 Å². The van der Waals surface area contributed by atoms with E-state index in [-0.39, 0.29) is 18.0 Å². The van der Waals surface area contributed by atoms with E-state index in [9.17, 15) is 19.1 Å². The minimum absolute atomic E-state index is 0.0339. The lowest BCUT2D eigenvalue weighted by Gasteiger charge is -2.14. The number of halogens is 1. The van der Waals surface area contributed by atoms with Crippen LogP contribution in [0.3, 0.4) is 0 Å². The Bertz CT molecular complexity index is 1330. The van der Waals surface area contributed by atoms with Gasteiger partial charge in [0.05, 0.1) is 5.92 Å². The summed E-state index contributed by atoms with van der Waals surface area (Å²) < 4.78 is 24.7. The van der Waals surface area contributed by atoms with Gasteiger partial charge in [-0.25, -0.2) is 9.78 Å². The van der Waals surface area contributed by atoms with E-state index in [0.29, 0.717) is 17.8 Å². The fraction of sp³-hybridized carbons (Fsp3) is 0.185. The van der Waals surface area contributed by atoms with Gasteiger partial charge in [0.1, 0.15) is 17.6 Å². The number of aliphatic carboxylic acids is 1. The van der Waals surface area contributed by atoms with Gasteiger partial charge in [-0.05, 0) is 41.8 Å². The van der Waals surface area contributed by atoms with Crippen LogP contribution in [-0.2, 0) is 16.0 Å². The Kier molecular flexibility index (Phi) is 8.09. The zero-order chi connectivity index (χ0) is 26.2. The summed E-state index contributed by atoms with van der Waals surface area (Å²) in [6, 6.07) is 21.6. The van der Waals surface area contributed by atoms with Crippen LogP contribution in [0, 0.1) is 11.9 Å². The molecule has 0 aliphatic heterocycles. The molecule has 3 N–H and O–H groups in total. The van der Waals surface area contributed by atoms with E-state index in [4.69, 9.17) is 9.26 Å². The molecule has 0 bridgehead atoms. The Labute approximate surface area is 212 Å². The van der Waals surface area contributed by atoms with Crippen LogP contribution < -0.4 is 10.6 Å². The molecule has 0 spiro atoms. The number of nitrogens with zero attached hydrogens (tertiary/aromatic N) is 2. The third-order valence-electron chi connectivity index (χ3n) is 5.66. The molecule has 2 heterocycles. The fourth-order valence-corrected chi connectivity index (χ4v) is 3.67. The number of carboxylic acids is 1. The van der Waals surface area contributed by atoms with Crippen LogP contribution in [0.25, 0.3) is 11.3 Å². The zero-order valence-electron chi connectivity index (χ0n) is 19.9. The monoisotopic (exact) mass is 504 g/mol. The molecule has 2 aromatic heterocycles. The van der Waals surface area contributed by atoms with Crippen molar-refractivity contribution in [3.05, 3.63) is 96.1 Å². The lowest BCUT2D eigenvalue weighted by atomic mass is 9.99. The number of nitrogens with one attached hydrogen (secondary N) is 2. The van der Waals surface area contributed by atoms with Crippen LogP contribution in [0.4, 0.5) is 20.7 Å². The van der Waals surface area contributed by atoms with E-state index < -0.39 is 30.0 Å². The Hall–Kier alpha value is -4.73. The molecule has 0 saturated heterocycles. The number of pyridine rings is 1. The fourth-order valence-electron chi connectivity index (χ4n) is 3.67. The molecule has 0 aliphatic rings. The summed E-state index contributed by atoms with van der Waals surface area (Å²) in [4.78, 5) is 28.3. The summed E-state index contributed by atoms with van der Waals surface area (Å²) in [6.07, 6.45) is 0.338. The predicted molar refractivity (Wildman–Crippen MR) is 134 cm³/mol. The first-order valence-electron chi connectivity index (χ1n) is 11.6. The summed E-state index contributed by atoms with van der Waals surface area (Å²) in [5.74, 6) is -2.20. The number of carbonyl (C=O) groups excluding carboxylic acids is 1. The molecule has 0 fully saturated rings. The topological polar surface area (TPSA) is 127 Å². The molecular weight excluding hydrogens is 479 g/mol. The number of hydrogen-bond acceptors (Lipinski definition) is 7. The molecule has 2 atom stereocenters. The summed E-state index contributed by atoms with van der Waals surface area (Å²) in [6.45, 7) is 1.86. The number of rotatable bonds is 10. The summed E-state index contributed by atoms with van der Waals surface area (Å²) in [5, 5.41) is 18.2. The number of carboxylic acid groups (broad SMARTS) is 1. The molecule has 4 rings (SSSR count). The highest BCUT2D eigenvalue weighted by Gasteiger charge is 2.23. The van der Waals surface area contributed by atoms with Crippen molar-refractivity contribution in [3.8, 4) is 11.3 Å². The molecule has 10 heteroatoms. The van der Waals surface area contributed by atoms with Gasteiger partial charge >= 0.3 is 12.1 Å². The van der Waals surface area contributed by atoms with Crippen LogP contribution in [0.1, 0.15) is 24.2 Å². The second kappa shape index (κ2) is 11.8. The second-order valence-electron chi connectivity index (χ2n) is 8.30. The SMILES string of the molecule is CC(OC(=O)Nc1c(F)noc1-c1ccc(NCC(Cc2ccccc2)C(=O)O)nc1)c1ccccc1. The highest BCUT2D eigenvalue weighted by atomic mass is 19.1. The van der Waals surface area contributed by atoms with Gasteiger partial charge in [-0.1, -0.05) is 60.7 Å². The number of amides is 1. The molecule has 190 valence electrons. The van der Waals surface area contributed by atoms with E-state index in [1.165, 1.54) is 6.20 Å². The van der Waals surface area contributed by atoms with Crippen molar-refractivity contribution in [1.82, 2.24) is 10.1 Å². The maximum Gasteiger partial charge on any atom is 0.412 e. The second-order valence-corrected chi connectivity index (χ2v) is 8.30. The van der Waals surface area contributed by atoms with E-state index in [0.717, 1.165) is 11.1 Å². The van der Waals surface area contributed by atoms with E-state index in [2.05, 4.69) is 20.8 Å². The van der Waals surface area contributed by atoms with Crippen molar-refractivity contribution in [2.75, 3.05) is 17.2 Å². The first-order valence-corrected chi connectivity index (χ1v) is 11.6. The Morgan fingerprint density at radius 1 is 1.05 bits per heavy atom. The average molecular weight is 505 g/mol. The van der Waals surface area contributed by atoms with Crippen molar-refractivity contribution in [3.63, 3.8) is 0 Å². The minimum Gasteiger partial charge on any atom is -0.481 e. The van der Waals surface area contributed by atoms with Crippen molar-refractivity contribution in [2.45, 2.75) is 19.4 Å². The van der Waals surface area contributed by atoms with Crippen LogP contribution in [-0.4, -0.2) is 33.9 Å². The molecular formula is C27H25FN4O5. The Morgan fingerprint density at radius 2 is 1.76 bits per heavy atom. The molecule has 2 aromatic carbocycles. The molecule has 2 unspecified atom stereocenters. The van der Waals surface area contributed by atoms with Crippen molar-refractivity contribution >= 4 is 23.6 Å². The maximum atomic E-state index is 14.3. The third-order valence-corrected chi connectivity index (χ3v) is 5.66. The molecule has 1 amide bonds. The average Bonchev–Trinajstić information content (AvgIpc) is 3.27. The molecule has 37 heavy (non-hydrogen) atoms.